The van der Waals surface area contributed by atoms with Gasteiger partial charge >= 0.3 is 0 Å². The standard InChI is InChI=1S/C18H15N/c1-12-10-18(11-13(12)2)15-7-4-3-6-14(15)17-16(18)8-5-9-19-17/h3-9H,1-2,10-11H2. The van der Waals surface area contributed by atoms with Gasteiger partial charge in [-0.2, -0.15) is 0 Å². The molecule has 0 unspecified atom stereocenters. The Bertz CT molecular complexity index is 660. The number of aromatic nitrogens is 1. The summed E-state index contributed by atoms with van der Waals surface area (Å²) in [5.41, 5.74) is 7.56. The van der Waals surface area contributed by atoms with Gasteiger partial charge in [-0.3, -0.25) is 4.98 Å². The van der Waals surface area contributed by atoms with Crippen molar-refractivity contribution in [1.82, 2.24) is 4.98 Å². The van der Waals surface area contributed by atoms with E-state index in [4.69, 9.17) is 0 Å². The first-order chi connectivity index (χ1) is 9.22. The van der Waals surface area contributed by atoms with Crippen molar-refractivity contribution in [1.29, 1.82) is 0 Å². The number of benzene rings is 1. The van der Waals surface area contributed by atoms with Gasteiger partial charge in [0.2, 0.25) is 0 Å². The molecule has 1 nitrogen and oxygen atoms in total. The summed E-state index contributed by atoms with van der Waals surface area (Å²) in [6.07, 6.45) is 3.83. The molecule has 1 heterocycles. The highest BCUT2D eigenvalue weighted by molar-refractivity contribution is 5.79. The number of hydrogen-bond acceptors (Lipinski definition) is 1. The van der Waals surface area contributed by atoms with E-state index >= 15 is 0 Å². The molecule has 1 saturated carbocycles. The Morgan fingerprint density at radius 2 is 1.58 bits per heavy atom. The summed E-state index contributed by atoms with van der Waals surface area (Å²) in [5, 5.41) is 0. The minimum Gasteiger partial charge on any atom is -0.256 e. The lowest BCUT2D eigenvalue weighted by molar-refractivity contribution is 0.575. The number of nitrogens with zero attached hydrogens (tertiary/aromatic N) is 1. The summed E-state index contributed by atoms with van der Waals surface area (Å²) in [5.74, 6) is 0. The van der Waals surface area contributed by atoms with Crippen LogP contribution >= 0.6 is 0 Å². The highest BCUT2D eigenvalue weighted by Crippen LogP contribution is 2.58. The number of allylic oxidation sites excluding steroid dienone is 2. The Morgan fingerprint density at radius 3 is 2.37 bits per heavy atom. The summed E-state index contributed by atoms with van der Waals surface area (Å²) < 4.78 is 0. The van der Waals surface area contributed by atoms with Gasteiger partial charge in [0.15, 0.2) is 0 Å². The zero-order valence-electron chi connectivity index (χ0n) is 10.8. The highest BCUT2D eigenvalue weighted by Gasteiger charge is 2.47. The normalized spacial score (nSPS) is 18.7. The molecule has 1 spiro atoms. The Labute approximate surface area is 113 Å². The van der Waals surface area contributed by atoms with Crippen LogP contribution in [0.3, 0.4) is 0 Å². The number of fused-ring (bicyclic) bond motifs is 5. The van der Waals surface area contributed by atoms with Crippen LogP contribution in [-0.4, -0.2) is 4.98 Å². The van der Waals surface area contributed by atoms with Gasteiger partial charge in [0.25, 0.3) is 0 Å². The van der Waals surface area contributed by atoms with E-state index < -0.39 is 0 Å². The number of pyridine rings is 1. The molecule has 0 N–H and O–H groups in total. The van der Waals surface area contributed by atoms with Crippen molar-refractivity contribution in [2.45, 2.75) is 18.3 Å². The quantitative estimate of drug-likeness (QED) is 0.676. The first-order valence-electron chi connectivity index (χ1n) is 6.64. The first kappa shape index (κ1) is 10.7. The Kier molecular flexibility index (Phi) is 1.95. The van der Waals surface area contributed by atoms with E-state index in [9.17, 15) is 0 Å². The predicted octanol–water partition coefficient (Wildman–Crippen LogP) is 4.25. The molecule has 2 aliphatic rings. The molecule has 1 fully saturated rings. The van der Waals surface area contributed by atoms with Crippen molar-refractivity contribution in [2.75, 3.05) is 0 Å². The Hall–Kier alpha value is -2.15. The van der Waals surface area contributed by atoms with Crippen molar-refractivity contribution < 1.29 is 0 Å². The minimum atomic E-state index is 0.0361. The van der Waals surface area contributed by atoms with Crippen LogP contribution in [-0.2, 0) is 5.41 Å². The van der Waals surface area contributed by atoms with Gasteiger partial charge in [-0.25, -0.2) is 0 Å². The molecule has 2 aromatic rings. The molecule has 0 aliphatic heterocycles. The Morgan fingerprint density at radius 1 is 0.895 bits per heavy atom. The maximum Gasteiger partial charge on any atom is 0.0746 e. The van der Waals surface area contributed by atoms with Crippen molar-refractivity contribution in [2.24, 2.45) is 0 Å². The monoisotopic (exact) mass is 245 g/mol. The molecule has 2 aliphatic carbocycles. The van der Waals surface area contributed by atoms with E-state index in [2.05, 4.69) is 48.5 Å². The van der Waals surface area contributed by atoms with Crippen LogP contribution in [0.25, 0.3) is 11.3 Å². The molecular weight excluding hydrogens is 230 g/mol. The fraction of sp³-hybridized carbons (Fsp3) is 0.167. The zero-order chi connectivity index (χ0) is 13.0. The van der Waals surface area contributed by atoms with Gasteiger partial charge in [-0.05, 0) is 30.0 Å². The van der Waals surface area contributed by atoms with Crippen LogP contribution in [0, 0.1) is 0 Å². The van der Waals surface area contributed by atoms with Crippen LogP contribution in [0.5, 0.6) is 0 Å². The first-order valence-corrected chi connectivity index (χ1v) is 6.64. The molecule has 1 aromatic carbocycles. The molecule has 0 saturated heterocycles. The van der Waals surface area contributed by atoms with E-state index in [1.807, 2.05) is 12.3 Å². The summed E-state index contributed by atoms with van der Waals surface area (Å²) in [6, 6.07) is 12.9. The lowest BCUT2D eigenvalue weighted by Crippen LogP contribution is -2.20. The second-order valence-electron chi connectivity index (χ2n) is 5.59. The van der Waals surface area contributed by atoms with Crippen molar-refractivity contribution in [3.63, 3.8) is 0 Å². The largest absolute Gasteiger partial charge is 0.256 e. The summed E-state index contributed by atoms with van der Waals surface area (Å²) in [4.78, 5) is 4.61. The fourth-order valence-electron chi connectivity index (χ4n) is 3.68. The summed E-state index contributed by atoms with van der Waals surface area (Å²) in [7, 11) is 0. The van der Waals surface area contributed by atoms with Crippen LogP contribution in [0.4, 0.5) is 0 Å². The minimum absolute atomic E-state index is 0.0361. The maximum absolute atomic E-state index is 4.61. The third-order valence-corrected chi connectivity index (χ3v) is 4.55. The highest BCUT2D eigenvalue weighted by atomic mass is 14.7. The van der Waals surface area contributed by atoms with E-state index in [-0.39, 0.29) is 5.41 Å². The van der Waals surface area contributed by atoms with Gasteiger partial charge in [0.1, 0.15) is 0 Å². The van der Waals surface area contributed by atoms with Gasteiger partial charge in [-0.15, -0.1) is 0 Å². The molecule has 1 aromatic heterocycles. The fourth-order valence-corrected chi connectivity index (χ4v) is 3.68. The van der Waals surface area contributed by atoms with Crippen molar-refractivity contribution >= 4 is 0 Å². The van der Waals surface area contributed by atoms with Gasteiger partial charge < -0.3 is 0 Å². The van der Waals surface area contributed by atoms with Gasteiger partial charge in [0, 0.05) is 17.2 Å². The molecule has 1 heteroatoms. The van der Waals surface area contributed by atoms with Crippen molar-refractivity contribution in [3.05, 3.63) is 78.0 Å². The van der Waals surface area contributed by atoms with Gasteiger partial charge in [0.05, 0.1) is 5.69 Å². The molecule has 0 amide bonds. The number of rotatable bonds is 0. The van der Waals surface area contributed by atoms with E-state index in [0.29, 0.717) is 0 Å². The third-order valence-electron chi connectivity index (χ3n) is 4.55. The summed E-state index contributed by atoms with van der Waals surface area (Å²) >= 11 is 0. The lowest BCUT2D eigenvalue weighted by atomic mass is 9.77. The van der Waals surface area contributed by atoms with Crippen LogP contribution in [0.1, 0.15) is 24.0 Å². The lowest BCUT2D eigenvalue weighted by Gasteiger charge is -2.25. The van der Waals surface area contributed by atoms with Gasteiger partial charge in [-0.1, -0.05) is 54.6 Å². The van der Waals surface area contributed by atoms with E-state index in [1.165, 1.54) is 27.8 Å². The maximum atomic E-state index is 4.61. The van der Waals surface area contributed by atoms with E-state index in [1.54, 1.807) is 0 Å². The second-order valence-corrected chi connectivity index (χ2v) is 5.59. The zero-order valence-corrected chi connectivity index (χ0v) is 10.8. The molecule has 0 radical (unpaired) electrons. The molecular formula is C18H15N. The second kappa shape index (κ2) is 3.45. The predicted molar refractivity (Wildman–Crippen MR) is 78.0 cm³/mol. The third kappa shape index (κ3) is 1.22. The smallest absolute Gasteiger partial charge is 0.0746 e. The van der Waals surface area contributed by atoms with Crippen LogP contribution < -0.4 is 0 Å². The molecule has 0 atom stereocenters. The molecule has 0 bridgehead atoms. The molecule has 92 valence electrons. The average Bonchev–Trinajstić information content (AvgIpc) is 2.89. The van der Waals surface area contributed by atoms with Crippen LogP contribution in [0.2, 0.25) is 0 Å². The van der Waals surface area contributed by atoms with E-state index in [0.717, 1.165) is 18.5 Å². The average molecular weight is 245 g/mol. The number of hydrogen-bond donors (Lipinski definition) is 0. The van der Waals surface area contributed by atoms with Crippen LogP contribution in [0.15, 0.2) is 66.9 Å². The Balaban J connectivity index is 2.07. The molecule has 4 rings (SSSR count). The SMILES string of the molecule is C=C1CC2(CC1=C)c1ccccc1-c1ncccc12. The topological polar surface area (TPSA) is 12.9 Å². The van der Waals surface area contributed by atoms with Crippen molar-refractivity contribution in [3.8, 4) is 11.3 Å². The summed E-state index contributed by atoms with van der Waals surface area (Å²) in [6.45, 7) is 8.36. The molecule has 19 heavy (non-hydrogen) atoms.